The molecule has 0 saturated carbocycles. The molecule has 0 saturated heterocycles. The van der Waals surface area contributed by atoms with Crippen molar-refractivity contribution in [1.82, 2.24) is 10.2 Å². The third-order valence-electron chi connectivity index (χ3n) is 5.87. The van der Waals surface area contributed by atoms with Crippen LogP contribution in [0.25, 0.3) is 0 Å². The Hall–Kier alpha value is -3.67. The SMILES string of the molecule is CC(C)NC(=O)[C@H](C)N(Cc1ccc(Cl)c(Cl)c1)C(=O)CN(c1cccc([N+](=O)[O-])c1)S(=O)(=O)c1ccccc1. The molecule has 0 heterocycles. The zero-order valence-electron chi connectivity index (χ0n) is 22.0. The van der Waals surface area contributed by atoms with Gasteiger partial charge in [-0.05, 0) is 56.7 Å². The molecule has 212 valence electrons. The van der Waals surface area contributed by atoms with Crippen LogP contribution in [-0.2, 0) is 26.2 Å². The summed E-state index contributed by atoms with van der Waals surface area (Å²) in [5.41, 5.74) is 0.121. The lowest BCUT2D eigenvalue weighted by Crippen LogP contribution is -2.52. The molecule has 0 aromatic heterocycles. The smallest absolute Gasteiger partial charge is 0.271 e. The van der Waals surface area contributed by atoms with Crippen molar-refractivity contribution in [3.63, 3.8) is 0 Å². The third-order valence-corrected chi connectivity index (χ3v) is 8.40. The minimum Gasteiger partial charge on any atom is -0.352 e. The van der Waals surface area contributed by atoms with Crippen molar-refractivity contribution in [3.8, 4) is 0 Å². The Balaban J connectivity index is 2.08. The van der Waals surface area contributed by atoms with Crippen LogP contribution in [0.4, 0.5) is 11.4 Å². The van der Waals surface area contributed by atoms with E-state index in [0.29, 0.717) is 10.6 Å². The summed E-state index contributed by atoms with van der Waals surface area (Å²) in [5.74, 6) is -1.17. The number of nitro groups is 1. The number of halogens is 2. The summed E-state index contributed by atoms with van der Waals surface area (Å²) >= 11 is 12.2. The fraction of sp³-hybridized carbons (Fsp3) is 0.259. The van der Waals surface area contributed by atoms with Crippen LogP contribution in [0, 0.1) is 10.1 Å². The second-order valence-electron chi connectivity index (χ2n) is 9.21. The van der Waals surface area contributed by atoms with Gasteiger partial charge in [0.1, 0.15) is 12.6 Å². The van der Waals surface area contributed by atoms with Crippen LogP contribution in [0.1, 0.15) is 26.3 Å². The van der Waals surface area contributed by atoms with Crippen molar-refractivity contribution in [1.29, 1.82) is 0 Å². The van der Waals surface area contributed by atoms with Crippen LogP contribution in [0.15, 0.2) is 77.7 Å². The number of nitrogens with zero attached hydrogens (tertiary/aromatic N) is 3. The number of nitro benzene ring substituents is 1. The molecule has 40 heavy (non-hydrogen) atoms. The Kier molecular flexibility index (Phi) is 10.1. The molecule has 1 N–H and O–H groups in total. The number of carbonyl (C=O) groups is 2. The van der Waals surface area contributed by atoms with Crippen LogP contribution < -0.4 is 9.62 Å². The molecule has 2 amide bonds. The maximum Gasteiger partial charge on any atom is 0.271 e. The number of carbonyl (C=O) groups excluding carboxylic acids is 2. The number of benzene rings is 3. The van der Waals surface area contributed by atoms with E-state index >= 15 is 0 Å². The van der Waals surface area contributed by atoms with Gasteiger partial charge in [0, 0.05) is 24.7 Å². The number of hydrogen-bond donors (Lipinski definition) is 1. The summed E-state index contributed by atoms with van der Waals surface area (Å²) in [6.07, 6.45) is 0. The molecule has 0 spiro atoms. The molecule has 1 atom stereocenters. The number of amides is 2. The molecule has 3 aromatic carbocycles. The van der Waals surface area contributed by atoms with Crippen LogP contribution >= 0.6 is 23.2 Å². The van der Waals surface area contributed by atoms with Crippen molar-refractivity contribution in [2.75, 3.05) is 10.8 Å². The van der Waals surface area contributed by atoms with E-state index in [-0.39, 0.29) is 33.9 Å². The molecule has 3 aromatic rings. The second kappa shape index (κ2) is 13.1. The van der Waals surface area contributed by atoms with Gasteiger partial charge >= 0.3 is 0 Å². The fourth-order valence-electron chi connectivity index (χ4n) is 3.83. The predicted octanol–water partition coefficient (Wildman–Crippen LogP) is 5.04. The zero-order chi connectivity index (χ0) is 29.6. The molecule has 3 rings (SSSR count). The summed E-state index contributed by atoms with van der Waals surface area (Å²) in [4.78, 5) is 38.7. The predicted molar refractivity (Wildman–Crippen MR) is 154 cm³/mol. The standard InChI is InChI=1S/C27H28Cl2N4O6S/c1-18(2)30-27(35)19(3)31(16-20-12-13-24(28)25(29)14-20)26(34)17-32(21-8-7-9-22(15-21)33(36)37)40(38,39)23-10-5-4-6-11-23/h4-15,18-19H,16-17H2,1-3H3,(H,30,35)/t19-/m0/s1. The van der Waals surface area contributed by atoms with E-state index in [9.17, 15) is 28.1 Å². The third kappa shape index (κ3) is 7.50. The Morgan fingerprint density at radius 1 is 0.950 bits per heavy atom. The first kappa shape index (κ1) is 30.9. The molecular formula is C27H28Cl2N4O6S. The Morgan fingerprint density at radius 3 is 2.23 bits per heavy atom. The van der Waals surface area contributed by atoms with Gasteiger partial charge in [-0.2, -0.15) is 0 Å². The van der Waals surface area contributed by atoms with E-state index in [4.69, 9.17) is 23.2 Å². The molecular weight excluding hydrogens is 579 g/mol. The minimum absolute atomic E-state index is 0.0832. The van der Waals surface area contributed by atoms with E-state index in [2.05, 4.69) is 5.32 Å². The van der Waals surface area contributed by atoms with Crippen LogP contribution in [0.3, 0.4) is 0 Å². The molecule has 10 nitrogen and oxygen atoms in total. The number of hydrogen-bond acceptors (Lipinski definition) is 6. The minimum atomic E-state index is -4.35. The molecule has 0 unspecified atom stereocenters. The topological polar surface area (TPSA) is 130 Å². The molecule has 13 heteroatoms. The Bertz CT molecular complexity index is 1500. The van der Waals surface area contributed by atoms with Gasteiger partial charge in [0.05, 0.1) is 25.6 Å². The van der Waals surface area contributed by atoms with Gasteiger partial charge in [-0.1, -0.05) is 53.5 Å². The highest BCUT2D eigenvalue weighted by Gasteiger charge is 2.33. The van der Waals surface area contributed by atoms with Gasteiger partial charge in [-0.15, -0.1) is 0 Å². The maximum absolute atomic E-state index is 13.9. The summed E-state index contributed by atoms with van der Waals surface area (Å²) in [7, 11) is -4.35. The van der Waals surface area contributed by atoms with Gasteiger partial charge in [0.25, 0.3) is 15.7 Å². The number of sulfonamides is 1. The maximum atomic E-state index is 13.9. The largest absolute Gasteiger partial charge is 0.352 e. The lowest BCUT2D eigenvalue weighted by molar-refractivity contribution is -0.384. The van der Waals surface area contributed by atoms with E-state index in [1.807, 2.05) is 0 Å². The van der Waals surface area contributed by atoms with E-state index in [1.165, 1.54) is 54.3 Å². The monoisotopic (exact) mass is 606 g/mol. The van der Waals surface area contributed by atoms with E-state index in [1.54, 1.807) is 38.1 Å². The lowest BCUT2D eigenvalue weighted by atomic mass is 10.1. The summed E-state index contributed by atoms with van der Waals surface area (Å²) in [6, 6.07) is 15.9. The molecule has 0 fully saturated rings. The van der Waals surface area contributed by atoms with Crippen molar-refractivity contribution >= 4 is 56.4 Å². The van der Waals surface area contributed by atoms with Gasteiger partial charge in [-0.25, -0.2) is 8.42 Å². The quantitative estimate of drug-likeness (QED) is 0.240. The molecule has 0 aliphatic heterocycles. The van der Waals surface area contributed by atoms with Gasteiger partial charge < -0.3 is 10.2 Å². The lowest BCUT2D eigenvalue weighted by Gasteiger charge is -2.32. The van der Waals surface area contributed by atoms with Gasteiger partial charge in [0.15, 0.2) is 0 Å². The summed E-state index contributed by atoms with van der Waals surface area (Å²) in [5, 5.41) is 14.7. The van der Waals surface area contributed by atoms with Crippen LogP contribution in [-0.4, -0.2) is 48.7 Å². The number of anilines is 1. The molecule has 0 aliphatic carbocycles. The average molecular weight is 608 g/mol. The zero-order valence-corrected chi connectivity index (χ0v) is 24.3. The van der Waals surface area contributed by atoms with Crippen molar-refractivity contribution < 1.29 is 22.9 Å². The summed E-state index contributed by atoms with van der Waals surface area (Å²) in [6.45, 7) is 4.24. The number of rotatable bonds is 11. The van der Waals surface area contributed by atoms with Crippen molar-refractivity contribution in [2.45, 2.75) is 44.3 Å². The molecule has 0 bridgehead atoms. The Morgan fingerprint density at radius 2 is 1.62 bits per heavy atom. The van der Waals surface area contributed by atoms with Crippen molar-refractivity contribution in [2.24, 2.45) is 0 Å². The number of nitrogens with one attached hydrogen (secondary N) is 1. The Labute approximate surface area is 242 Å². The highest BCUT2D eigenvalue weighted by molar-refractivity contribution is 7.92. The molecule has 0 radical (unpaired) electrons. The summed E-state index contributed by atoms with van der Waals surface area (Å²) < 4.78 is 28.3. The van der Waals surface area contributed by atoms with Gasteiger partial charge in [-0.3, -0.25) is 24.0 Å². The molecule has 0 aliphatic rings. The van der Waals surface area contributed by atoms with E-state index in [0.717, 1.165) is 10.4 Å². The second-order valence-corrected chi connectivity index (χ2v) is 11.9. The highest BCUT2D eigenvalue weighted by Crippen LogP contribution is 2.28. The number of non-ortho nitro benzene ring substituents is 1. The van der Waals surface area contributed by atoms with Crippen LogP contribution in [0.5, 0.6) is 0 Å². The highest BCUT2D eigenvalue weighted by atomic mass is 35.5. The van der Waals surface area contributed by atoms with Crippen LogP contribution in [0.2, 0.25) is 10.0 Å². The average Bonchev–Trinajstić information content (AvgIpc) is 2.91. The fourth-order valence-corrected chi connectivity index (χ4v) is 5.58. The normalized spacial score (nSPS) is 12.1. The van der Waals surface area contributed by atoms with Gasteiger partial charge in [0.2, 0.25) is 11.8 Å². The first-order valence-electron chi connectivity index (χ1n) is 12.2. The van der Waals surface area contributed by atoms with Crippen molar-refractivity contribution in [3.05, 3.63) is 98.5 Å². The first-order valence-corrected chi connectivity index (χ1v) is 14.4. The van der Waals surface area contributed by atoms with E-state index < -0.39 is 39.3 Å². The first-order chi connectivity index (χ1) is 18.8.